The minimum atomic E-state index is -0.931. The van der Waals surface area contributed by atoms with E-state index in [4.69, 9.17) is 23.7 Å². The fraction of sp³-hybridized carbons (Fsp3) is 0.514. The number of aromatic hydroxyl groups is 1. The summed E-state index contributed by atoms with van der Waals surface area (Å²) in [6.45, 7) is 1.37. The molecule has 1 aliphatic carbocycles. The lowest BCUT2D eigenvalue weighted by Gasteiger charge is -2.45. The standard InChI is InChI=1S/C37H47NO8/c1-38-20-24-17-33-28(19-32(24)43-3)36(41)34(31(46-33)12-7-13-42-2)30-21-44-37-23(14-22-8-6-9-25(39)15-22)16-27(18-29(37)35(30)40)45-26-10-4-5-11-26/h6,8-9,15-19,26,30-31,34-36,38-41H,4-5,7,10-14,20-21H2,1-3H3/t30-,31-,34-,35-,36+/m1/s1. The molecule has 1 fully saturated rings. The molecule has 6 rings (SSSR count). The van der Waals surface area contributed by atoms with Crippen molar-refractivity contribution < 1.29 is 39.0 Å². The second-order valence-electron chi connectivity index (χ2n) is 12.8. The topological polar surface area (TPSA) is 119 Å². The molecule has 3 aromatic carbocycles. The first-order valence-electron chi connectivity index (χ1n) is 16.5. The zero-order valence-electron chi connectivity index (χ0n) is 27.0. The van der Waals surface area contributed by atoms with Gasteiger partial charge in [0, 0.05) is 60.8 Å². The summed E-state index contributed by atoms with van der Waals surface area (Å²) in [5.41, 5.74) is 4.05. The summed E-state index contributed by atoms with van der Waals surface area (Å²) in [7, 11) is 5.17. The normalized spacial score (nSPS) is 24.1. The average Bonchev–Trinajstić information content (AvgIpc) is 3.55. The van der Waals surface area contributed by atoms with Crippen LogP contribution in [-0.2, 0) is 17.7 Å². The van der Waals surface area contributed by atoms with Crippen LogP contribution in [0, 0.1) is 11.8 Å². The monoisotopic (exact) mass is 633 g/mol. The minimum Gasteiger partial charge on any atom is -0.508 e. The fourth-order valence-corrected chi connectivity index (χ4v) is 7.50. The third-order valence-electron chi connectivity index (χ3n) is 9.72. The number of phenolic OH excluding ortho intramolecular Hbond substituents is 1. The number of ether oxygens (including phenoxy) is 5. The Morgan fingerprint density at radius 1 is 0.957 bits per heavy atom. The van der Waals surface area contributed by atoms with Crippen LogP contribution in [-0.4, -0.2) is 62.0 Å². The van der Waals surface area contributed by atoms with Gasteiger partial charge >= 0.3 is 0 Å². The van der Waals surface area contributed by atoms with Gasteiger partial charge in [0.2, 0.25) is 0 Å². The predicted octanol–water partition coefficient (Wildman–Crippen LogP) is 5.61. The molecule has 5 atom stereocenters. The number of hydrogen-bond acceptors (Lipinski definition) is 9. The maximum absolute atomic E-state index is 12.2. The predicted molar refractivity (Wildman–Crippen MR) is 174 cm³/mol. The molecule has 0 amide bonds. The summed E-state index contributed by atoms with van der Waals surface area (Å²) in [5, 5.41) is 37.5. The van der Waals surface area contributed by atoms with E-state index in [9.17, 15) is 15.3 Å². The van der Waals surface area contributed by atoms with E-state index in [1.54, 1.807) is 26.4 Å². The van der Waals surface area contributed by atoms with Gasteiger partial charge in [0.15, 0.2) is 0 Å². The summed E-state index contributed by atoms with van der Waals surface area (Å²) >= 11 is 0. The van der Waals surface area contributed by atoms with Gasteiger partial charge in [-0.3, -0.25) is 0 Å². The Hall–Kier alpha value is -3.50. The summed E-state index contributed by atoms with van der Waals surface area (Å²) in [4.78, 5) is 0. The summed E-state index contributed by atoms with van der Waals surface area (Å²) < 4.78 is 30.7. The summed E-state index contributed by atoms with van der Waals surface area (Å²) in [6.07, 6.45) is 4.13. The van der Waals surface area contributed by atoms with E-state index in [-0.39, 0.29) is 24.6 Å². The zero-order valence-corrected chi connectivity index (χ0v) is 27.0. The first-order valence-corrected chi connectivity index (χ1v) is 16.5. The number of nitrogens with one attached hydrogen (secondary N) is 1. The molecule has 46 heavy (non-hydrogen) atoms. The molecule has 2 heterocycles. The molecule has 9 nitrogen and oxygen atoms in total. The number of aliphatic hydroxyl groups is 2. The van der Waals surface area contributed by atoms with Gasteiger partial charge in [-0.05, 0) is 87.5 Å². The maximum atomic E-state index is 12.2. The molecule has 1 saturated carbocycles. The van der Waals surface area contributed by atoms with Crippen LogP contribution >= 0.6 is 0 Å². The van der Waals surface area contributed by atoms with Crippen LogP contribution in [0.1, 0.15) is 78.6 Å². The molecule has 0 radical (unpaired) electrons. The Bertz CT molecular complexity index is 1490. The average molecular weight is 634 g/mol. The van der Waals surface area contributed by atoms with Crippen molar-refractivity contribution in [1.29, 1.82) is 0 Å². The molecule has 2 aliphatic heterocycles. The molecule has 248 valence electrons. The molecule has 3 aliphatic rings. The second-order valence-corrected chi connectivity index (χ2v) is 12.8. The van der Waals surface area contributed by atoms with E-state index in [0.717, 1.165) is 48.8 Å². The van der Waals surface area contributed by atoms with Gasteiger partial charge in [0.1, 0.15) is 34.9 Å². The van der Waals surface area contributed by atoms with Crippen molar-refractivity contribution in [1.82, 2.24) is 5.32 Å². The lowest BCUT2D eigenvalue weighted by molar-refractivity contribution is -0.0890. The van der Waals surface area contributed by atoms with E-state index < -0.39 is 24.0 Å². The molecule has 0 unspecified atom stereocenters. The highest BCUT2D eigenvalue weighted by Crippen LogP contribution is 2.51. The number of phenols is 1. The molecular weight excluding hydrogens is 586 g/mol. The highest BCUT2D eigenvalue weighted by atomic mass is 16.5. The fourth-order valence-electron chi connectivity index (χ4n) is 7.50. The van der Waals surface area contributed by atoms with Crippen LogP contribution < -0.4 is 24.3 Å². The lowest BCUT2D eigenvalue weighted by Crippen LogP contribution is -2.46. The Balaban J connectivity index is 1.36. The third-order valence-corrected chi connectivity index (χ3v) is 9.72. The maximum Gasteiger partial charge on any atom is 0.128 e. The Morgan fingerprint density at radius 2 is 1.78 bits per heavy atom. The molecule has 0 saturated heterocycles. The SMILES string of the molecule is CNCc1cc2c(cc1OC)[C@H](O)[C@H]([C@H]1COc3c(Cc4cccc(O)c4)cc(OC4CCCC4)cc3[C@H]1O)[C@@H](CCCOC)O2. The quantitative estimate of drug-likeness (QED) is 0.189. The van der Waals surface area contributed by atoms with E-state index in [0.29, 0.717) is 60.1 Å². The molecule has 0 spiro atoms. The third kappa shape index (κ3) is 6.79. The van der Waals surface area contributed by atoms with Crippen molar-refractivity contribution in [2.75, 3.05) is 34.5 Å². The molecule has 0 bridgehead atoms. The largest absolute Gasteiger partial charge is 0.508 e. The first-order chi connectivity index (χ1) is 22.4. The van der Waals surface area contributed by atoms with Crippen LogP contribution in [0.2, 0.25) is 0 Å². The van der Waals surface area contributed by atoms with Crippen LogP contribution in [0.15, 0.2) is 48.5 Å². The van der Waals surface area contributed by atoms with E-state index >= 15 is 0 Å². The van der Waals surface area contributed by atoms with Gasteiger partial charge in [-0.15, -0.1) is 0 Å². The van der Waals surface area contributed by atoms with Crippen molar-refractivity contribution in [3.8, 4) is 28.7 Å². The minimum absolute atomic E-state index is 0.141. The number of benzene rings is 3. The first kappa shape index (κ1) is 32.4. The van der Waals surface area contributed by atoms with Gasteiger partial charge in [-0.2, -0.15) is 0 Å². The van der Waals surface area contributed by atoms with Crippen molar-refractivity contribution in [3.63, 3.8) is 0 Å². The molecule has 9 heteroatoms. The van der Waals surface area contributed by atoms with E-state index in [1.165, 1.54) is 0 Å². The number of aliphatic hydroxyl groups excluding tert-OH is 2. The van der Waals surface area contributed by atoms with Crippen LogP contribution in [0.4, 0.5) is 0 Å². The second kappa shape index (κ2) is 14.5. The van der Waals surface area contributed by atoms with Crippen LogP contribution in [0.3, 0.4) is 0 Å². The van der Waals surface area contributed by atoms with E-state index in [2.05, 4.69) is 5.32 Å². The summed E-state index contributed by atoms with van der Waals surface area (Å²) in [6, 6.07) is 14.9. The van der Waals surface area contributed by atoms with Crippen molar-refractivity contribution in [3.05, 3.63) is 76.3 Å². The van der Waals surface area contributed by atoms with Crippen LogP contribution in [0.25, 0.3) is 0 Å². The zero-order chi connectivity index (χ0) is 32.2. The van der Waals surface area contributed by atoms with Crippen molar-refractivity contribution >= 4 is 0 Å². The van der Waals surface area contributed by atoms with Gasteiger partial charge in [-0.25, -0.2) is 0 Å². The van der Waals surface area contributed by atoms with E-state index in [1.807, 2.05) is 43.4 Å². The van der Waals surface area contributed by atoms with Crippen molar-refractivity contribution in [2.24, 2.45) is 11.8 Å². The number of rotatable bonds is 12. The molecular formula is C37H47NO8. The number of fused-ring (bicyclic) bond motifs is 2. The Labute approximate surface area is 271 Å². The van der Waals surface area contributed by atoms with Gasteiger partial charge in [0.05, 0.1) is 32.0 Å². The highest BCUT2D eigenvalue weighted by Gasteiger charge is 2.47. The molecule has 4 N–H and O–H groups in total. The van der Waals surface area contributed by atoms with Gasteiger partial charge in [0.25, 0.3) is 0 Å². The lowest BCUT2D eigenvalue weighted by atomic mass is 9.72. The Morgan fingerprint density at radius 3 is 2.52 bits per heavy atom. The molecule has 0 aromatic heterocycles. The Kier molecular flexibility index (Phi) is 10.2. The number of methoxy groups -OCH3 is 2. The number of hydrogen-bond donors (Lipinski definition) is 4. The van der Waals surface area contributed by atoms with Crippen LogP contribution in [0.5, 0.6) is 28.7 Å². The smallest absolute Gasteiger partial charge is 0.128 e. The van der Waals surface area contributed by atoms with Crippen molar-refractivity contribution in [2.45, 2.75) is 75.9 Å². The molecule has 3 aromatic rings. The summed E-state index contributed by atoms with van der Waals surface area (Å²) in [5.74, 6) is 1.92. The highest BCUT2D eigenvalue weighted by molar-refractivity contribution is 5.53. The van der Waals surface area contributed by atoms with Gasteiger partial charge in [-0.1, -0.05) is 12.1 Å². The van der Waals surface area contributed by atoms with Gasteiger partial charge < -0.3 is 44.3 Å².